The van der Waals surface area contributed by atoms with Gasteiger partial charge in [-0.3, -0.25) is 9.36 Å². The van der Waals surface area contributed by atoms with Crippen LogP contribution in [0, 0.1) is 0 Å². The number of rotatable bonds is 9. The summed E-state index contributed by atoms with van der Waals surface area (Å²) in [7, 11) is 0. The number of primary amides is 1. The van der Waals surface area contributed by atoms with Crippen molar-refractivity contribution in [1.82, 2.24) is 14.8 Å². The molecule has 28 heavy (non-hydrogen) atoms. The zero-order valence-electron chi connectivity index (χ0n) is 16.0. The number of nitrogens with zero attached hydrogens (tertiary/aromatic N) is 3. The number of benzene rings is 2. The minimum absolute atomic E-state index is 0.289. The Morgan fingerprint density at radius 1 is 1.11 bits per heavy atom. The minimum Gasteiger partial charge on any atom is -0.486 e. The van der Waals surface area contributed by atoms with Gasteiger partial charge in [0.05, 0.1) is 11.8 Å². The maximum atomic E-state index is 11.5. The van der Waals surface area contributed by atoms with Gasteiger partial charge in [0.2, 0.25) is 5.91 Å². The van der Waals surface area contributed by atoms with E-state index < -0.39 is 5.25 Å². The molecule has 3 aromatic rings. The molecule has 2 N–H and O–H groups in total. The molecule has 0 aliphatic heterocycles. The van der Waals surface area contributed by atoms with Crippen LogP contribution < -0.4 is 10.5 Å². The number of aryl methyl sites for hydroxylation is 1. The SMILES string of the molecule is CCc1ccc(OCc2nnc(S[C@@H](C)C(N)=O)n2Cc2ccccc2)cc1. The van der Waals surface area contributed by atoms with Crippen molar-refractivity contribution in [2.24, 2.45) is 5.73 Å². The van der Waals surface area contributed by atoms with Crippen LogP contribution in [0.15, 0.2) is 59.8 Å². The average Bonchev–Trinajstić information content (AvgIpc) is 3.08. The molecule has 0 fully saturated rings. The summed E-state index contributed by atoms with van der Waals surface area (Å²) in [5.74, 6) is 1.10. The summed E-state index contributed by atoms with van der Waals surface area (Å²) >= 11 is 1.30. The predicted octanol–water partition coefficient (Wildman–Crippen LogP) is 3.43. The molecule has 1 aromatic heterocycles. The van der Waals surface area contributed by atoms with Gasteiger partial charge in [-0.25, -0.2) is 0 Å². The van der Waals surface area contributed by atoms with Crippen LogP contribution in [-0.2, 0) is 24.4 Å². The standard InChI is InChI=1S/C21H24N4O2S/c1-3-16-9-11-18(12-10-16)27-14-19-23-24-21(28-15(2)20(22)26)25(19)13-17-7-5-4-6-8-17/h4-12,15H,3,13-14H2,1-2H3,(H2,22,26)/t15-/m0/s1. The molecule has 0 saturated carbocycles. The van der Waals surface area contributed by atoms with Crippen molar-refractivity contribution in [3.63, 3.8) is 0 Å². The fourth-order valence-corrected chi connectivity index (χ4v) is 3.44. The van der Waals surface area contributed by atoms with Gasteiger partial charge in [-0.15, -0.1) is 10.2 Å². The van der Waals surface area contributed by atoms with Crippen LogP contribution in [0.2, 0.25) is 0 Å². The Morgan fingerprint density at radius 2 is 1.82 bits per heavy atom. The third-order valence-electron chi connectivity index (χ3n) is 4.36. The summed E-state index contributed by atoms with van der Waals surface area (Å²) in [4.78, 5) is 11.5. The van der Waals surface area contributed by atoms with Gasteiger partial charge in [-0.1, -0.05) is 61.2 Å². The number of aromatic nitrogens is 3. The van der Waals surface area contributed by atoms with E-state index in [1.807, 2.05) is 47.0 Å². The molecular formula is C21H24N4O2S. The van der Waals surface area contributed by atoms with Gasteiger partial charge in [-0.05, 0) is 36.6 Å². The number of ether oxygens (including phenoxy) is 1. The molecule has 146 valence electrons. The van der Waals surface area contributed by atoms with Crippen LogP contribution in [0.3, 0.4) is 0 Å². The van der Waals surface area contributed by atoms with E-state index in [-0.39, 0.29) is 12.5 Å². The summed E-state index contributed by atoms with van der Waals surface area (Å²) in [5, 5.41) is 8.80. The molecule has 3 rings (SSSR count). The molecule has 0 bridgehead atoms. The first-order valence-corrected chi connectivity index (χ1v) is 10.1. The lowest BCUT2D eigenvalue weighted by Gasteiger charge is -2.13. The van der Waals surface area contributed by atoms with E-state index in [4.69, 9.17) is 10.5 Å². The average molecular weight is 397 g/mol. The highest BCUT2D eigenvalue weighted by molar-refractivity contribution is 8.00. The maximum Gasteiger partial charge on any atom is 0.230 e. The number of hydrogen-bond donors (Lipinski definition) is 1. The molecule has 0 spiro atoms. The van der Waals surface area contributed by atoms with E-state index in [0.29, 0.717) is 17.5 Å². The highest BCUT2D eigenvalue weighted by atomic mass is 32.2. The first kappa shape index (κ1) is 19.9. The summed E-state index contributed by atoms with van der Waals surface area (Å²) < 4.78 is 7.88. The number of carbonyl (C=O) groups excluding carboxylic acids is 1. The van der Waals surface area contributed by atoms with Crippen molar-refractivity contribution in [2.45, 2.75) is 43.8 Å². The van der Waals surface area contributed by atoms with Gasteiger partial charge in [0.15, 0.2) is 11.0 Å². The van der Waals surface area contributed by atoms with Gasteiger partial charge in [0.25, 0.3) is 0 Å². The quantitative estimate of drug-likeness (QED) is 0.560. The molecule has 0 saturated heterocycles. The lowest BCUT2D eigenvalue weighted by Crippen LogP contribution is -2.23. The van der Waals surface area contributed by atoms with Crippen LogP contribution >= 0.6 is 11.8 Å². The second-order valence-electron chi connectivity index (χ2n) is 6.42. The Balaban J connectivity index is 1.80. The molecule has 0 unspecified atom stereocenters. The van der Waals surface area contributed by atoms with Crippen molar-refractivity contribution >= 4 is 17.7 Å². The van der Waals surface area contributed by atoms with Gasteiger partial charge >= 0.3 is 0 Å². The molecule has 1 heterocycles. The predicted molar refractivity (Wildman–Crippen MR) is 110 cm³/mol. The second-order valence-corrected chi connectivity index (χ2v) is 7.73. The third kappa shape index (κ3) is 5.13. The van der Waals surface area contributed by atoms with Crippen LogP contribution in [0.1, 0.15) is 30.8 Å². The van der Waals surface area contributed by atoms with E-state index >= 15 is 0 Å². The van der Waals surface area contributed by atoms with Crippen LogP contribution in [0.25, 0.3) is 0 Å². The van der Waals surface area contributed by atoms with Gasteiger partial charge in [-0.2, -0.15) is 0 Å². The smallest absolute Gasteiger partial charge is 0.230 e. The van der Waals surface area contributed by atoms with Crippen molar-refractivity contribution in [3.8, 4) is 5.75 Å². The van der Waals surface area contributed by atoms with Crippen molar-refractivity contribution in [1.29, 1.82) is 0 Å². The monoisotopic (exact) mass is 396 g/mol. The molecule has 0 aliphatic rings. The molecule has 1 atom stereocenters. The number of thioether (sulfide) groups is 1. The Kier molecular flexibility index (Phi) is 6.71. The highest BCUT2D eigenvalue weighted by Gasteiger charge is 2.19. The van der Waals surface area contributed by atoms with Crippen molar-refractivity contribution < 1.29 is 9.53 Å². The third-order valence-corrected chi connectivity index (χ3v) is 5.46. The number of hydrogen-bond acceptors (Lipinski definition) is 5. The number of amides is 1. The molecule has 7 heteroatoms. The molecule has 1 amide bonds. The largest absolute Gasteiger partial charge is 0.486 e. The molecule has 2 aromatic carbocycles. The lowest BCUT2D eigenvalue weighted by atomic mass is 10.2. The van der Waals surface area contributed by atoms with Crippen LogP contribution in [-0.4, -0.2) is 25.9 Å². The zero-order chi connectivity index (χ0) is 19.9. The first-order valence-electron chi connectivity index (χ1n) is 9.20. The summed E-state index contributed by atoms with van der Waals surface area (Å²) in [6.07, 6.45) is 0.990. The summed E-state index contributed by atoms with van der Waals surface area (Å²) in [5.41, 5.74) is 7.79. The van der Waals surface area contributed by atoms with E-state index in [2.05, 4.69) is 29.3 Å². The van der Waals surface area contributed by atoms with Crippen molar-refractivity contribution in [2.75, 3.05) is 0 Å². The van der Waals surface area contributed by atoms with Crippen LogP contribution in [0.5, 0.6) is 5.75 Å². The van der Waals surface area contributed by atoms with Gasteiger partial charge in [0.1, 0.15) is 12.4 Å². The fourth-order valence-electron chi connectivity index (χ4n) is 2.62. The number of nitrogens with two attached hydrogens (primary N) is 1. The minimum atomic E-state index is -0.394. The summed E-state index contributed by atoms with van der Waals surface area (Å²) in [6.45, 7) is 4.76. The lowest BCUT2D eigenvalue weighted by molar-refractivity contribution is -0.117. The highest BCUT2D eigenvalue weighted by Crippen LogP contribution is 2.24. The Labute approximate surface area is 169 Å². The second kappa shape index (κ2) is 9.41. The van der Waals surface area contributed by atoms with E-state index in [9.17, 15) is 4.79 Å². The first-order chi connectivity index (χ1) is 13.6. The van der Waals surface area contributed by atoms with E-state index in [0.717, 1.165) is 17.7 Å². The fraction of sp³-hybridized carbons (Fsp3) is 0.286. The van der Waals surface area contributed by atoms with E-state index in [1.165, 1.54) is 17.3 Å². The number of carbonyl (C=O) groups is 1. The topological polar surface area (TPSA) is 83.0 Å². The van der Waals surface area contributed by atoms with Gasteiger partial charge in [0, 0.05) is 0 Å². The van der Waals surface area contributed by atoms with E-state index in [1.54, 1.807) is 6.92 Å². The summed E-state index contributed by atoms with van der Waals surface area (Å²) in [6, 6.07) is 18.1. The molecule has 0 aliphatic carbocycles. The maximum absolute atomic E-state index is 11.5. The molecule has 6 nitrogen and oxygen atoms in total. The Morgan fingerprint density at radius 3 is 2.46 bits per heavy atom. The normalized spacial score (nSPS) is 11.9. The molecular weight excluding hydrogens is 372 g/mol. The van der Waals surface area contributed by atoms with Crippen LogP contribution in [0.4, 0.5) is 0 Å². The molecule has 0 radical (unpaired) electrons. The zero-order valence-corrected chi connectivity index (χ0v) is 16.9. The van der Waals surface area contributed by atoms with Gasteiger partial charge < -0.3 is 10.5 Å². The van der Waals surface area contributed by atoms with Crippen molar-refractivity contribution in [3.05, 3.63) is 71.5 Å². The Bertz CT molecular complexity index is 910. The Hall–Kier alpha value is -2.80.